The summed E-state index contributed by atoms with van der Waals surface area (Å²) in [6.07, 6.45) is 0. The molecule has 0 saturated heterocycles. The monoisotopic (exact) mass is 404 g/mol. The van der Waals surface area contributed by atoms with Gasteiger partial charge in [0.05, 0.1) is 0 Å². The maximum Gasteiger partial charge on any atom is 0.187 e. The summed E-state index contributed by atoms with van der Waals surface area (Å²) in [4.78, 5) is 19.2. The van der Waals surface area contributed by atoms with Crippen LogP contribution in [-0.4, -0.2) is 49.7 Å². The smallest absolute Gasteiger partial charge is 0.187 e. The fraction of sp³-hybridized carbons (Fsp3) is 1.00. The van der Waals surface area contributed by atoms with Gasteiger partial charge in [-0.3, -0.25) is 0 Å². The van der Waals surface area contributed by atoms with Crippen LogP contribution in [0.5, 0.6) is 0 Å². The third kappa shape index (κ3) is 28.1. The summed E-state index contributed by atoms with van der Waals surface area (Å²) in [6, 6.07) is 6.08. The van der Waals surface area contributed by atoms with Crippen molar-refractivity contribution in [2.45, 2.75) is 91.7 Å². The van der Waals surface area contributed by atoms with Crippen LogP contribution in [0.3, 0.4) is 0 Å². The van der Waals surface area contributed by atoms with Gasteiger partial charge in [0.2, 0.25) is 0 Å². The molecule has 0 amide bonds. The standard InChI is InChI=1S/2C6H16OSi.2C2H6O.Ti/c2*1-4-8(7,5-2)6-3;2*1-2-3;/h2*7H,4-6H2,1-3H3;2*3H,2H2,1H3;. The minimum atomic E-state index is -1.67. The van der Waals surface area contributed by atoms with Crippen molar-refractivity contribution < 1.29 is 41.5 Å². The molecule has 0 aromatic heterocycles. The van der Waals surface area contributed by atoms with E-state index in [4.69, 9.17) is 10.2 Å². The first-order chi connectivity index (χ1) is 10.2. The first-order valence-electron chi connectivity index (χ1n) is 8.86. The van der Waals surface area contributed by atoms with Crippen molar-refractivity contribution >= 4 is 16.6 Å². The summed E-state index contributed by atoms with van der Waals surface area (Å²) in [7, 11) is -3.34. The summed E-state index contributed by atoms with van der Waals surface area (Å²) in [5.41, 5.74) is 0. The van der Waals surface area contributed by atoms with Gasteiger partial charge in [-0.1, -0.05) is 41.5 Å². The van der Waals surface area contributed by atoms with Gasteiger partial charge in [0.1, 0.15) is 0 Å². The van der Waals surface area contributed by atoms with Gasteiger partial charge in [-0.25, -0.2) is 0 Å². The number of rotatable bonds is 6. The Morgan fingerprint density at radius 3 is 0.565 bits per heavy atom. The molecule has 0 radical (unpaired) electrons. The predicted molar refractivity (Wildman–Crippen MR) is 104 cm³/mol. The van der Waals surface area contributed by atoms with Crippen LogP contribution in [0.1, 0.15) is 55.4 Å². The van der Waals surface area contributed by atoms with Gasteiger partial charge in [-0.2, -0.15) is 0 Å². The molecule has 0 aromatic carbocycles. The van der Waals surface area contributed by atoms with Gasteiger partial charge in [0.15, 0.2) is 16.6 Å². The Kier molecular flexibility index (Phi) is 38.6. The van der Waals surface area contributed by atoms with Gasteiger partial charge in [0.25, 0.3) is 0 Å². The second-order valence-corrected chi connectivity index (χ2v) is 14.3. The van der Waals surface area contributed by atoms with Gasteiger partial charge in [0, 0.05) is 34.9 Å². The zero-order valence-corrected chi connectivity index (χ0v) is 20.5. The minimum absolute atomic E-state index is 0. The van der Waals surface area contributed by atoms with Gasteiger partial charge >= 0.3 is 0 Å². The van der Waals surface area contributed by atoms with E-state index in [1.807, 2.05) is 0 Å². The molecule has 0 aromatic rings. The van der Waals surface area contributed by atoms with Gasteiger partial charge in [-0.05, 0) is 50.1 Å². The molecule has 0 unspecified atom stereocenters. The summed E-state index contributed by atoms with van der Waals surface area (Å²) >= 11 is 0. The van der Waals surface area contributed by atoms with E-state index in [9.17, 15) is 9.59 Å². The Morgan fingerprint density at radius 2 is 0.565 bits per heavy atom. The normalized spacial score (nSPS) is 9.91. The molecule has 0 spiro atoms. The molecule has 0 bridgehead atoms. The van der Waals surface area contributed by atoms with Gasteiger partial charge < -0.3 is 19.8 Å². The third-order valence-corrected chi connectivity index (χ3v) is 11.8. The SMILES string of the molecule is CCO.CCO.CC[Si](O)(CC)CC.CC[Si](O)(CC)CC.[Ti]. The second-order valence-electron chi connectivity index (χ2n) is 5.20. The first-order valence-corrected chi connectivity index (χ1v) is 14.0. The molecule has 23 heavy (non-hydrogen) atoms. The zero-order chi connectivity index (χ0) is 18.7. The van der Waals surface area contributed by atoms with Crippen molar-refractivity contribution in [3.63, 3.8) is 0 Å². The third-order valence-electron chi connectivity index (χ3n) is 3.95. The Balaban J connectivity index is -0.0000000680. The molecule has 7 heteroatoms. The maximum absolute atomic E-state index is 9.58. The molecule has 0 aliphatic rings. The Labute approximate surface area is 162 Å². The largest absolute Gasteiger partial charge is 0.432 e. The summed E-state index contributed by atoms with van der Waals surface area (Å²) in [5, 5.41) is 15.1. The molecule has 0 rings (SSSR count). The van der Waals surface area contributed by atoms with Crippen molar-refractivity contribution in [2.24, 2.45) is 0 Å². The van der Waals surface area contributed by atoms with E-state index in [0.717, 1.165) is 36.3 Å². The molecule has 0 fully saturated rings. The van der Waals surface area contributed by atoms with Gasteiger partial charge in [-0.15, -0.1) is 0 Å². The molecule has 4 nitrogen and oxygen atoms in total. The average Bonchev–Trinajstić information content (AvgIpc) is 2.55. The predicted octanol–water partition coefficient (Wildman–Crippen LogP) is 3.96. The zero-order valence-electron chi connectivity index (χ0n) is 16.9. The van der Waals surface area contributed by atoms with Crippen molar-refractivity contribution in [1.82, 2.24) is 0 Å². The summed E-state index contributed by atoms with van der Waals surface area (Å²) < 4.78 is 0. The molecular formula is C16H44O4Si2Ti. The Hall–Kier alpha value is 0.988. The van der Waals surface area contributed by atoms with Crippen LogP contribution in [0.4, 0.5) is 0 Å². The van der Waals surface area contributed by atoms with Crippen molar-refractivity contribution in [3.8, 4) is 0 Å². The van der Waals surface area contributed by atoms with Crippen LogP contribution < -0.4 is 0 Å². The second kappa shape index (κ2) is 25.2. The van der Waals surface area contributed by atoms with Crippen molar-refractivity contribution in [1.29, 1.82) is 0 Å². The summed E-state index contributed by atoms with van der Waals surface area (Å²) in [5.74, 6) is 0. The number of hydrogen-bond acceptors (Lipinski definition) is 4. The van der Waals surface area contributed by atoms with E-state index in [1.165, 1.54) is 0 Å². The van der Waals surface area contributed by atoms with Crippen LogP contribution in [0.2, 0.25) is 36.3 Å². The van der Waals surface area contributed by atoms with Crippen LogP contribution in [-0.2, 0) is 21.7 Å². The molecule has 0 aliphatic heterocycles. The van der Waals surface area contributed by atoms with E-state index in [0.29, 0.717) is 0 Å². The quantitative estimate of drug-likeness (QED) is 0.505. The average molecular weight is 405 g/mol. The van der Waals surface area contributed by atoms with E-state index in [-0.39, 0.29) is 34.9 Å². The van der Waals surface area contributed by atoms with Crippen LogP contribution in [0.25, 0.3) is 0 Å². The van der Waals surface area contributed by atoms with Crippen LogP contribution in [0.15, 0.2) is 0 Å². The Bertz CT molecular complexity index is 154. The fourth-order valence-electron chi connectivity index (χ4n) is 1.50. The van der Waals surface area contributed by atoms with E-state index in [2.05, 4.69) is 41.5 Å². The molecular weight excluding hydrogens is 360 g/mol. The summed E-state index contributed by atoms with van der Waals surface area (Å²) in [6.45, 7) is 16.4. The van der Waals surface area contributed by atoms with Crippen molar-refractivity contribution in [2.75, 3.05) is 13.2 Å². The molecule has 4 N–H and O–H groups in total. The fourth-order valence-corrected chi connectivity index (χ4v) is 4.50. The Morgan fingerprint density at radius 1 is 0.478 bits per heavy atom. The molecule has 0 atom stereocenters. The molecule has 0 saturated carbocycles. The van der Waals surface area contributed by atoms with E-state index in [1.54, 1.807) is 13.8 Å². The topological polar surface area (TPSA) is 80.9 Å². The van der Waals surface area contributed by atoms with E-state index >= 15 is 0 Å². The minimum Gasteiger partial charge on any atom is -0.432 e. The molecule has 144 valence electrons. The van der Waals surface area contributed by atoms with E-state index < -0.39 is 16.6 Å². The first kappa shape index (κ1) is 35.2. The number of hydrogen-bond donors (Lipinski definition) is 4. The van der Waals surface area contributed by atoms with Crippen LogP contribution in [0, 0.1) is 0 Å². The molecule has 0 aliphatic carbocycles. The van der Waals surface area contributed by atoms with Crippen LogP contribution >= 0.6 is 0 Å². The number of aliphatic hydroxyl groups is 2. The molecule has 0 heterocycles. The maximum atomic E-state index is 9.58. The van der Waals surface area contributed by atoms with Crippen molar-refractivity contribution in [3.05, 3.63) is 0 Å². The number of aliphatic hydroxyl groups excluding tert-OH is 2.